The highest BCUT2D eigenvalue weighted by atomic mass is 79.9. The number of morpholine rings is 1. The van der Waals surface area contributed by atoms with E-state index < -0.39 is 12.8 Å². The zero-order chi connectivity index (χ0) is 20.9. The molecule has 1 aromatic carbocycles. The molecule has 3 rings (SSSR count). The Kier molecular flexibility index (Phi) is 6.96. The first-order valence-corrected chi connectivity index (χ1v) is 9.64. The molecule has 29 heavy (non-hydrogen) atoms. The van der Waals surface area contributed by atoms with Gasteiger partial charge in [0, 0.05) is 29.8 Å². The molecular formula is C19H19BrF3N3O3. The normalized spacial score (nSPS) is 17.1. The van der Waals surface area contributed by atoms with Crippen molar-refractivity contribution in [2.24, 2.45) is 0 Å². The van der Waals surface area contributed by atoms with Crippen LogP contribution in [0.3, 0.4) is 0 Å². The molecule has 156 valence electrons. The van der Waals surface area contributed by atoms with Gasteiger partial charge in [-0.15, -0.1) is 0 Å². The Labute approximate surface area is 174 Å². The fourth-order valence-electron chi connectivity index (χ4n) is 2.83. The van der Waals surface area contributed by atoms with Crippen LogP contribution < -0.4 is 10.1 Å². The molecule has 0 spiro atoms. The summed E-state index contributed by atoms with van der Waals surface area (Å²) in [6.45, 7) is -0.0102. The topological polar surface area (TPSA) is 63.7 Å². The highest BCUT2D eigenvalue weighted by molar-refractivity contribution is 9.10. The number of nitrogens with zero attached hydrogens (tertiary/aromatic N) is 2. The standard InChI is InChI=1S/C19H19BrF3N3O3/c20-15-3-1-2-14(9-15)16-11-26(6-7-28-16)18(27)25-10-13-4-5-24-17(8-13)29-12-19(21,22)23/h1-5,8-9,16H,6-7,10-12H2,(H,25,27). The Hall–Kier alpha value is -2.33. The number of benzene rings is 1. The number of amides is 2. The van der Waals surface area contributed by atoms with Crippen LogP contribution in [0.4, 0.5) is 18.0 Å². The molecule has 1 fully saturated rings. The molecule has 1 atom stereocenters. The maximum atomic E-state index is 12.5. The summed E-state index contributed by atoms with van der Waals surface area (Å²) in [6.07, 6.45) is -3.33. The number of halogens is 4. The number of hydrogen-bond donors (Lipinski definition) is 1. The Morgan fingerprint density at radius 3 is 2.93 bits per heavy atom. The third kappa shape index (κ3) is 6.60. The minimum atomic E-state index is -4.44. The summed E-state index contributed by atoms with van der Waals surface area (Å²) in [5.74, 6) is -0.143. The molecule has 0 bridgehead atoms. The van der Waals surface area contributed by atoms with Crippen molar-refractivity contribution in [3.8, 4) is 5.88 Å². The number of carbonyl (C=O) groups is 1. The second kappa shape index (κ2) is 9.45. The lowest BCUT2D eigenvalue weighted by atomic mass is 10.1. The maximum Gasteiger partial charge on any atom is 0.422 e. The third-order valence-corrected chi connectivity index (χ3v) is 4.69. The Morgan fingerprint density at radius 1 is 1.34 bits per heavy atom. The number of hydrogen-bond acceptors (Lipinski definition) is 4. The molecule has 2 aromatic rings. The molecule has 1 N–H and O–H groups in total. The molecule has 1 aliphatic heterocycles. The molecule has 0 saturated carbocycles. The minimum absolute atomic E-state index is 0.142. The van der Waals surface area contributed by atoms with E-state index in [0.29, 0.717) is 25.3 Å². The van der Waals surface area contributed by atoms with Crippen LogP contribution in [0.25, 0.3) is 0 Å². The molecule has 10 heteroatoms. The largest absolute Gasteiger partial charge is 0.468 e. The van der Waals surface area contributed by atoms with Crippen LogP contribution in [0.1, 0.15) is 17.2 Å². The predicted molar refractivity (Wildman–Crippen MR) is 102 cm³/mol. The van der Waals surface area contributed by atoms with Crippen LogP contribution in [0.2, 0.25) is 0 Å². The molecule has 2 heterocycles. The highest BCUT2D eigenvalue weighted by Crippen LogP contribution is 2.25. The predicted octanol–water partition coefficient (Wildman–Crippen LogP) is 4.07. The van der Waals surface area contributed by atoms with E-state index in [9.17, 15) is 18.0 Å². The van der Waals surface area contributed by atoms with Gasteiger partial charge in [-0.1, -0.05) is 28.1 Å². The van der Waals surface area contributed by atoms with Crippen LogP contribution in [0.15, 0.2) is 47.1 Å². The Balaban J connectivity index is 1.54. The van der Waals surface area contributed by atoms with Crippen molar-refractivity contribution >= 4 is 22.0 Å². The summed E-state index contributed by atoms with van der Waals surface area (Å²) in [5.41, 5.74) is 1.56. The molecule has 1 aromatic heterocycles. The zero-order valence-electron chi connectivity index (χ0n) is 15.3. The van der Waals surface area contributed by atoms with Gasteiger partial charge in [0.25, 0.3) is 0 Å². The molecule has 6 nitrogen and oxygen atoms in total. The lowest BCUT2D eigenvalue weighted by Gasteiger charge is -2.33. The van der Waals surface area contributed by atoms with Gasteiger partial charge >= 0.3 is 12.2 Å². The average molecular weight is 474 g/mol. The van der Waals surface area contributed by atoms with Gasteiger partial charge in [-0.3, -0.25) is 0 Å². The van der Waals surface area contributed by atoms with Gasteiger partial charge in [-0.25, -0.2) is 9.78 Å². The SMILES string of the molecule is O=C(NCc1ccnc(OCC(F)(F)F)c1)N1CCOC(c2cccc(Br)c2)C1. The number of urea groups is 1. The van der Waals surface area contributed by atoms with Crippen molar-refractivity contribution in [3.63, 3.8) is 0 Å². The summed E-state index contributed by atoms with van der Waals surface area (Å²) in [4.78, 5) is 17.9. The van der Waals surface area contributed by atoms with Crippen molar-refractivity contribution in [2.75, 3.05) is 26.3 Å². The molecular weight excluding hydrogens is 455 g/mol. The first kappa shape index (κ1) is 21.4. The van der Waals surface area contributed by atoms with Crippen molar-refractivity contribution < 1.29 is 27.4 Å². The summed E-state index contributed by atoms with van der Waals surface area (Å²) in [5, 5.41) is 2.77. The summed E-state index contributed by atoms with van der Waals surface area (Å²) >= 11 is 3.43. The van der Waals surface area contributed by atoms with E-state index in [-0.39, 0.29) is 24.6 Å². The molecule has 1 aliphatic rings. The van der Waals surface area contributed by atoms with E-state index >= 15 is 0 Å². The monoisotopic (exact) mass is 473 g/mol. The lowest BCUT2D eigenvalue weighted by molar-refractivity contribution is -0.154. The van der Waals surface area contributed by atoms with Crippen LogP contribution in [-0.2, 0) is 11.3 Å². The number of rotatable bonds is 5. The lowest BCUT2D eigenvalue weighted by Crippen LogP contribution is -2.46. The van der Waals surface area contributed by atoms with E-state index in [4.69, 9.17) is 4.74 Å². The van der Waals surface area contributed by atoms with Crippen LogP contribution in [0, 0.1) is 0 Å². The van der Waals surface area contributed by atoms with E-state index in [1.165, 1.54) is 12.3 Å². The van der Waals surface area contributed by atoms with E-state index in [1.807, 2.05) is 24.3 Å². The number of pyridine rings is 1. The van der Waals surface area contributed by atoms with Gasteiger partial charge < -0.3 is 19.7 Å². The quantitative estimate of drug-likeness (QED) is 0.710. The fourth-order valence-corrected chi connectivity index (χ4v) is 3.24. The van der Waals surface area contributed by atoms with Gasteiger partial charge in [-0.2, -0.15) is 13.2 Å². The first-order valence-electron chi connectivity index (χ1n) is 8.84. The first-order chi connectivity index (χ1) is 13.8. The summed E-state index contributed by atoms with van der Waals surface area (Å²) in [7, 11) is 0. The van der Waals surface area contributed by atoms with Gasteiger partial charge in [-0.05, 0) is 29.3 Å². The highest BCUT2D eigenvalue weighted by Gasteiger charge is 2.29. The third-order valence-electron chi connectivity index (χ3n) is 4.20. The van der Waals surface area contributed by atoms with Gasteiger partial charge in [0.2, 0.25) is 5.88 Å². The van der Waals surface area contributed by atoms with Crippen molar-refractivity contribution in [1.29, 1.82) is 0 Å². The zero-order valence-corrected chi connectivity index (χ0v) is 16.9. The van der Waals surface area contributed by atoms with Crippen LogP contribution >= 0.6 is 15.9 Å². The van der Waals surface area contributed by atoms with E-state index in [2.05, 4.69) is 31.0 Å². The van der Waals surface area contributed by atoms with Gasteiger partial charge in [0.15, 0.2) is 6.61 Å². The van der Waals surface area contributed by atoms with Crippen LogP contribution in [0.5, 0.6) is 5.88 Å². The van der Waals surface area contributed by atoms with Crippen molar-refractivity contribution in [2.45, 2.75) is 18.8 Å². The summed E-state index contributed by atoms with van der Waals surface area (Å²) in [6, 6.07) is 10.4. The van der Waals surface area contributed by atoms with Crippen LogP contribution in [-0.4, -0.2) is 48.4 Å². The maximum absolute atomic E-state index is 12.5. The van der Waals surface area contributed by atoms with E-state index in [0.717, 1.165) is 10.0 Å². The number of nitrogens with one attached hydrogen (secondary N) is 1. The fraction of sp³-hybridized carbons (Fsp3) is 0.368. The Bertz CT molecular complexity index is 851. The molecule has 0 aliphatic carbocycles. The smallest absolute Gasteiger partial charge is 0.422 e. The van der Waals surface area contributed by atoms with E-state index in [1.54, 1.807) is 11.0 Å². The number of alkyl halides is 3. The Morgan fingerprint density at radius 2 is 2.17 bits per heavy atom. The molecule has 2 amide bonds. The molecule has 1 unspecified atom stereocenters. The molecule has 0 radical (unpaired) electrons. The van der Waals surface area contributed by atoms with Crippen molar-refractivity contribution in [1.82, 2.24) is 15.2 Å². The second-order valence-corrected chi connectivity index (χ2v) is 7.34. The van der Waals surface area contributed by atoms with Gasteiger partial charge in [0.05, 0.1) is 13.2 Å². The van der Waals surface area contributed by atoms with Crippen molar-refractivity contribution in [3.05, 3.63) is 58.2 Å². The number of aromatic nitrogens is 1. The average Bonchev–Trinajstić information content (AvgIpc) is 2.70. The number of ether oxygens (including phenoxy) is 2. The summed E-state index contributed by atoms with van der Waals surface area (Å²) < 4.78 is 48.1. The minimum Gasteiger partial charge on any atom is -0.468 e. The molecule has 1 saturated heterocycles. The van der Waals surface area contributed by atoms with Gasteiger partial charge in [0.1, 0.15) is 6.10 Å². The second-order valence-electron chi connectivity index (χ2n) is 6.43. The number of carbonyl (C=O) groups excluding carboxylic acids is 1.